The SMILES string of the molecule is CC(C)NC(=O)c1c[nH]c2ncc(-c3nn(C)c4ccc(O[Si](C)(C)C(C)(C)C)cc34)nc12.CC(C)NC(=O)c1cn(COCC[Si](C)(C)C)c2ncc(-c3nn(C)c4ccc(O[Si](C)(C)C(C)(C)C)cc34)nc12. The van der Waals surface area contributed by atoms with Crippen molar-refractivity contribution in [1.29, 1.82) is 0 Å². The van der Waals surface area contributed by atoms with Crippen LogP contribution in [0.5, 0.6) is 11.5 Å². The summed E-state index contributed by atoms with van der Waals surface area (Å²) in [6.07, 6.45) is 6.86. The molecule has 0 fully saturated rings. The summed E-state index contributed by atoms with van der Waals surface area (Å²) in [5.74, 6) is 1.29. The number of rotatable bonds is 15. The van der Waals surface area contributed by atoms with E-state index in [1.165, 1.54) is 0 Å². The van der Waals surface area contributed by atoms with Crippen molar-refractivity contribution in [1.82, 2.24) is 59.7 Å². The third-order valence-electron chi connectivity index (χ3n) is 14.0. The van der Waals surface area contributed by atoms with E-state index in [-0.39, 0.29) is 34.0 Å². The van der Waals surface area contributed by atoms with Gasteiger partial charge < -0.3 is 33.8 Å². The van der Waals surface area contributed by atoms with Crippen LogP contribution in [0.1, 0.15) is 90.0 Å². The highest BCUT2D eigenvalue weighted by molar-refractivity contribution is 6.76. The first-order chi connectivity index (χ1) is 34.3. The third kappa shape index (κ3) is 12.1. The number of H-pyrrole nitrogens is 1. The Morgan fingerprint density at radius 1 is 0.676 bits per heavy atom. The van der Waals surface area contributed by atoms with Gasteiger partial charge in [0, 0.05) is 64.0 Å². The van der Waals surface area contributed by atoms with Crippen LogP contribution in [0.25, 0.3) is 66.9 Å². The molecule has 6 aromatic heterocycles. The van der Waals surface area contributed by atoms with E-state index in [1.807, 2.05) is 92.1 Å². The Hall–Kier alpha value is -6.23. The molecule has 0 aliphatic rings. The first-order valence-corrected chi connectivity index (χ1v) is 35.1. The second-order valence-corrected chi connectivity index (χ2v) is 39.3. The topological polar surface area (TPSA) is 194 Å². The van der Waals surface area contributed by atoms with E-state index in [1.54, 1.807) is 24.8 Å². The number of ether oxygens (including phenoxy) is 1. The van der Waals surface area contributed by atoms with Crippen LogP contribution in [-0.4, -0.2) is 104 Å². The Morgan fingerprint density at radius 2 is 1.15 bits per heavy atom. The standard InChI is InChI=1S/C30H46N6O3Si2.C24H32N6O2Si/c1-20(2)32-29(37)23-18-36(19-38-14-15-40(7,8)9)28-27(23)33-24(17-31-28)26-22-16-21(12-13-25(22)35(6)34-26)39-41(10,11)30(3,4)5;1-14(2)27-23(31)17-12-25-22-21(17)28-18(13-26-22)20-16-11-15(9-10-19(16)30(6)29-20)32-33(7,8)24(3,4)5/h12-13,16-18,20H,14-15,19H2,1-11H3,(H,32,37);9-14H,1-8H3,(H,25,26)(H,27,31). The largest absolute Gasteiger partial charge is 0.543 e. The number of nitrogens with zero attached hydrogens (tertiary/aromatic N) is 9. The van der Waals surface area contributed by atoms with Crippen molar-refractivity contribution in [2.45, 2.75) is 150 Å². The van der Waals surface area contributed by atoms with Crippen LogP contribution in [0.15, 0.2) is 61.2 Å². The minimum Gasteiger partial charge on any atom is -0.543 e. The van der Waals surface area contributed by atoms with Crippen LogP contribution in [0.4, 0.5) is 0 Å². The number of hydrogen-bond acceptors (Lipinski definition) is 11. The maximum atomic E-state index is 13.2. The number of fused-ring (bicyclic) bond motifs is 4. The molecule has 0 spiro atoms. The summed E-state index contributed by atoms with van der Waals surface area (Å²) in [4.78, 5) is 47.9. The van der Waals surface area contributed by atoms with Crippen molar-refractivity contribution in [2.75, 3.05) is 6.61 Å². The van der Waals surface area contributed by atoms with Crippen LogP contribution < -0.4 is 19.5 Å². The first-order valence-electron chi connectivity index (χ1n) is 25.6. The van der Waals surface area contributed by atoms with Crippen molar-refractivity contribution < 1.29 is 23.2 Å². The van der Waals surface area contributed by atoms with E-state index in [9.17, 15) is 9.59 Å². The molecular formula is C54H78N12O5Si3. The Balaban J connectivity index is 0.000000221. The fourth-order valence-corrected chi connectivity index (χ4v) is 10.5. The molecule has 2 amide bonds. The summed E-state index contributed by atoms with van der Waals surface area (Å²) in [6.45, 7) is 38.0. The van der Waals surface area contributed by atoms with Crippen molar-refractivity contribution >= 4 is 80.7 Å². The normalized spacial score (nSPS) is 12.8. The Kier molecular flexibility index (Phi) is 15.6. The average Bonchev–Trinajstić information content (AvgIpc) is 4.05. The van der Waals surface area contributed by atoms with Crippen molar-refractivity contribution in [2.24, 2.45) is 14.1 Å². The van der Waals surface area contributed by atoms with Crippen LogP contribution in [0.3, 0.4) is 0 Å². The molecular weight excluding hydrogens is 981 g/mol. The molecule has 0 atom stereocenters. The highest BCUT2D eigenvalue weighted by Gasteiger charge is 2.40. The Labute approximate surface area is 438 Å². The number of aromatic nitrogens is 10. The molecule has 0 saturated heterocycles. The summed E-state index contributed by atoms with van der Waals surface area (Å²) in [5, 5.41) is 17.5. The van der Waals surface area contributed by atoms with E-state index < -0.39 is 24.7 Å². The fraction of sp³-hybridized carbons (Fsp3) is 0.481. The van der Waals surface area contributed by atoms with Gasteiger partial charge in [0.15, 0.2) is 11.3 Å². The molecule has 0 aliphatic carbocycles. The lowest BCUT2D eigenvalue weighted by Crippen LogP contribution is -2.43. The molecule has 8 aromatic rings. The van der Waals surface area contributed by atoms with Gasteiger partial charge in [0.25, 0.3) is 11.8 Å². The molecule has 17 nitrogen and oxygen atoms in total. The molecule has 0 saturated carbocycles. The second kappa shape index (κ2) is 20.8. The van der Waals surface area contributed by atoms with Gasteiger partial charge in [-0.3, -0.25) is 19.0 Å². The Bertz CT molecular complexity index is 3350. The van der Waals surface area contributed by atoms with Gasteiger partial charge in [0.2, 0.25) is 16.6 Å². The summed E-state index contributed by atoms with van der Waals surface area (Å²) >= 11 is 0. The first kappa shape index (κ1) is 55.5. The van der Waals surface area contributed by atoms with Crippen molar-refractivity contribution in [3.05, 3.63) is 72.3 Å². The molecule has 6 heterocycles. The summed E-state index contributed by atoms with van der Waals surface area (Å²) < 4.78 is 24.7. The van der Waals surface area contributed by atoms with Gasteiger partial charge in [-0.2, -0.15) is 10.2 Å². The predicted molar refractivity (Wildman–Crippen MR) is 306 cm³/mol. The smallest absolute Gasteiger partial charge is 0.255 e. The molecule has 0 aliphatic heterocycles. The molecule has 0 unspecified atom stereocenters. The number of nitrogens with one attached hydrogen (secondary N) is 3. The number of aryl methyl sites for hydroxylation is 2. The number of hydrogen-bond donors (Lipinski definition) is 3. The molecule has 20 heteroatoms. The van der Waals surface area contributed by atoms with Gasteiger partial charge in [-0.15, -0.1) is 0 Å². The van der Waals surface area contributed by atoms with Gasteiger partial charge >= 0.3 is 0 Å². The molecule has 0 bridgehead atoms. The van der Waals surface area contributed by atoms with E-state index in [4.69, 9.17) is 38.7 Å². The number of aromatic amines is 1. The lowest BCUT2D eigenvalue weighted by atomic mass is 10.1. The zero-order valence-electron chi connectivity index (χ0n) is 47.1. The van der Waals surface area contributed by atoms with E-state index in [2.05, 4.69) is 108 Å². The highest BCUT2D eigenvalue weighted by Crippen LogP contribution is 2.41. The average molecular weight is 1060 g/mol. The van der Waals surface area contributed by atoms with Crippen LogP contribution in [0, 0.1) is 0 Å². The number of carbonyl (C=O) groups excluding carboxylic acids is 2. The van der Waals surface area contributed by atoms with E-state index >= 15 is 0 Å². The number of amides is 2. The minimum absolute atomic E-state index is 0.0101. The van der Waals surface area contributed by atoms with Crippen molar-refractivity contribution in [3.63, 3.8) is 0 Å². The summed E-state index contributed by atoms with van der Waals surface area (Å²) in [7, 11) is -1.40. The lowest BCUT2D eigenvalue weighted by molar-refractivity contribution is 0.0890. The number of benzene rings is 2. The molecule has 3 N–H and O–H groups in total. The quantitative estimate of drug-likeness (QED) is 0.0653. The van der Waals surface area contributed by atoms with Crippen LogP contribution in [0.2, 0.25) is 61.9 Å². The Morgan fingerprint density at radius 3 is 1.62 bits per heavy atom. The van der Waals surface area contributed by atoms with E-state index in [0.717, 1.165) is 39.3 Å². The van der Waals surface area contributed by atoms with Crippen molar-refractivity contribution in [3.8, 4) is 34.3 Å². The van der Waals surface area contributed by atoms with Gasteiger partial charge in [0.05, 0.1) is 34.6 Å². The molecule has 74 heavy (non-hydrogen) atoms. The minimum atomic E-state index is -2.03. The summed E-state index contributed by atoms with van der Waals surface area (Å²) in [5.41, 5.74) is 7.73. The van der Waals surface area contributed by atoms with Gasteiger partial charge in [-0.25, -0.2) is 19.9 Å². The fourth-order valence-electron chi connectivity index (χ4n) is 7.72. The van der Waals surface area contributed by atoms with Gasteiger partial charge in [0.1, 0.15) is 52.0 Å². The second-order valence-electron chi connectivity index (χ2n) is 24.2. The molecule has 2 aromatic carbocycles. The lowest BCUT2D eigenvalue weighted by Gasteiger charge is -2.36. The van der Waals surface area contributed by atoms with Crippen LogP contribution in [-0.2, 0) is 25.6 Å². The zero-order valence-corrected chi connectivity index (χ0v) is 50.1. The number of carbonyl (C=O) groups is 2. The third-order valence-corrected chi connectivity index (χ3v) is 24.4. The molecule has 8 rings (SSSR count). The van der Waals surface area contributed by atoms with Gasteiger partial charge in [-0.05, 0) is 106 Å². The molecule has 396 valence electrons. The highest BCUT2D eigenvalue weighted by atomic mass is 28.4. The maximum Gasteiger partial charge on any atom is 0.255 e. The predicted octanol–water partition coefficient (Wildman–Crippen LogP) is 11.9. The summed E-state index contributed by atoms with van der Waals surface area (Å²) in [6, 6.07) is 13.2. The monoisotopic (exact) mass is 1060 g/mol. The van der Waals surface area contributed by atoms with E-state index in [0.29, 0.717) is 69.6 Å². The van der Waals surface area contributed by atoms with Crippen LogP contribution >= 0.6 is 0 Å². The van der Waals surface area contributed by atoms with Gasteiger partial charge in [-0.1, -0.05) is 61.2 Å². The molecule has 0 radical (unpaired) electrons. The maximum absolute atomic E-state index is 13.2. The zero-order chi connectivity index (χ0) is 54.5.